The average molecular weight is 534 g/mol. The molecule has 1 aliphatic carbocycles. The van der Waals surface area contributed by atoms with E-state index in [1.807, 2.05) is 0 Å². The lowest BCUT2D eigenvalue weighted by molar-refractivity contribution is -0.155. The summed E-state index contributed by atoms with van der Waals surface area (Å²) in [4.78, 5) is 52.7. The summed E-state index contributed by atoms with van der Waals surface area (Å²) in [6, 6.07) is 5.45. The first kappa shape index (κ1) is 25.7. The van der Waals surface area contributed by atoms with E-state index in [1.165, 1.54) is 16.9 Å². The molecule has 1 saturated carbocycles. The minimum absolute atomic E-state index is 0.0995. The van der Waals surface area contributed by atoms with Gasteiger partial charge in [0.05, 0.1) is 24.7 Å². The minimum atomic E-state index is -4.91. The van der Waals surface area contributed by atoms with Crippen molar-refractivity contribution in [3.05, 3.63) is 52.4 Å². The van der Waals surface area contributed by atoms with E-state index in [0.717, 1.165) is 12.8 Å². The number of amides is 4. The fraction of sp³-hybridized carbons (Fsp3) is 0.480. The van der Waals surface area contributed by atoms with Gasteiger partial charge < -0.3 is 15.2 Å². The second-order valence-corrected chi connectivity index (χ2v) is 10.1. The second kappa shape index (κ2) is 9.14. The van der Waals surface area contributed by atoms with Gasteiger partial charge in [0, 0.05) is 17.5 Å². The Labute approximate surface area is 215 Å². The maximum atomic E-state index is 13.6. The van der Waals surface area contributed by atoms with Gasteiger partial charge in [-0.05, 0) is 37.8 Å². The number of nitrogens with zero attached hydrogens (tertiary/aromatic N) is 3. The third-order valence-corrected chi connectivity index (χ3v) is 7.46. The van der Waals surface area contributed by atoms with Crippen molar-refractivity contribution in [3.8, 4) is 0 Å². The van der Waals surface area contributed by atoms with Gasteiger partial charge in [-0.15, -0.1) is 0 Å². The molecule has 2 aromatic rings. The predicted octanol–water partition coefficient (Wildman–Crippen LogP) is 2.61. The van der Waals surface area contributed by atoms with E-state index >= 15 is 0 Å². The average Bonchev–Trinajstić information content (AvgIpc) is 3.35. The van der Waals surface area contributed by atoms with Crippen LogP contribution in [0, 0.1) is 18.3 Å². The molecule has 13 heteroatoms. The van der Waals surface area contributed by atoms with Crippen LogP contribution in [-0.4, -0.2) is 58.4 Å². The first-order valence-corrected chi connectivity index (χ1v) is 12.3. The number of carbonyl (C=O) groups is 4. The Morgan fingerprint density at radius 3 is 2.53 bits per heavy atom. The molecule has 1 saturated heterocycles. The summed E-state index contributed by atoms with van der Waals surface area (Å²) < 4.78 is 43.9. The zero-order valence-corrected chi connectivity index (χ0v) is 20.7. The maximum Gasteiger partial charge on any atom is 0.453 e. The zero-order valence-electron chi connectivity index (χ0n) is 20.7. The highest BCUT2D eigenvalue weighted by Crippen LogP contribution is 2.52. The summed E-state index contributed by atoms with van der Waals surface area (Å²) >= 11 is 0. The summed E-state index contributed by atoms with van der Waals surface area (Å²) in [5.74, 6) is -4.78. The molecule has 3 aliphatic rings. The van der Waals surface area contributed by atoms with Crippen molar-refractivity contribution in [3.63, 3.8) is 0 Å². The van der Waals surface area contributed by atoms with Crippen LogP contribution in [0.4, 0.5) is 13.2 Å². The molecule has 2 atom stereocenters. The summed E-state index contributed by atoms with van der Waals surface area (Å²) in [6.45, 7) is 3.43. The Balaban J connectivity index is 1.34. The van der Waals surface area contributed by atoms with Crippen LogP contribution in [0.15, 0.2) is 28.8 Å². The van der Waals surface area contributed by atoms with Crippen LogP contribution in [0.1, 0.15) is 70.0 Å². The molecular formula is C25H26F3N5O5. The fourth-order valence-electron chi connectivity index (χ4n) is 5.05. The highest BCUT2D eigenvalue weighted by atomic mass is 19.4. The number of hydrogen-bond acceptors (Lipinski definition) is 6. The van der Waals surface area contributed by atoms with Gasteiger partial charge in [0.25, 0.3) is 23.5 Å². The number of halogens is 3. The number of alkyl halides is 3. The molecule has 1 unspecified atom stereocenters. The molecule has 10 nitrogen and oxygen atoms in total. The van der Waals surface area contributed by atoms with E-state index in [2.05, 4.69) is 20.3 Å². The topological polar surface area (TPSA) is 125 Å². The third-order valence-electron chi connectivity index (χ3n) is 7.46. The molecule has 2 N–H and O–H groups in total. The van der Waals surface area contributed by atoms with Gasteiger partial charge in [-0.3, -0.25) is 19.2 Å². The summed E-state index contributed by atoms with van der Waals surface area (Å²) in [5, 5.41) is 11.2. The smallest absolute Gasteiger partial charge is 0.351 e. The zero-order chi connectivity index (χ0) is 27.4. The molecular weight excluding hydrogens is 507 g/mol. The number of nitrogens with one attached hydrogen (secondary N) is 2. The molecule has 202 valence electrons. The molecule has 1 aromatic carbocycles. The molecule has 0 bridgehead atoms. The van der Waals surface area contributed by atoms with Crippen molar-refractivity contribution in [2.75, 3.05) is 19.6 Å². The van der Waals surface area contributed by atoms with Gasteiger partial charge in [0.2, 0.25) is 5.91 Å². The SMILES string of the molecule is CCC(CNC(=O)c1c(C)noc1C(F)(F)F)C(=O)N[C@@H]1C(=O)N2CC3(CC3)CN2C(=O)c2ccccc21. The van der Waals surface area contributed by atoms with E-state index in [-0.39, 0.29) is 30.0 Å². The third kappa shape index (κ3) is 4.39. The number of hydrogen-bond donors (Lipinski definition) is 2. The largest absolute Gasteiger partial charge is 0.453 e. The Kier molecular flexibility index (Phi) is 6.19. The van der Waals surface area contributed by atoms with Crippen LogP contribution >= 0.6 is 0 Å². The van der Waals surface area contributed by atoms with Crippen molar-refractivity contribution in [2.24, 2.45) is 11.3 Å². The van der Waals surface area contributed by atoms with Crippen LogP contribution in [0.25, 0.3) is 0 Å². The first-order chi connectivity index (χ1) is 18.0. The van der Waals surface area contributed by atoms with Crippen molar-refractivity contribution >= 4 is 23.6 Å². The summed E-state index contributed by atoms with van der Waals surface area (Å²) in [6.07, 6.45) is -2.86. The predicted molar refractivity (Wildman–Crippen MR) is 124 cm³/mol. The van der Waals surface area contributed by atoms with Gasteiger partial charge in [0.15, 0.2) is 0 Å². The van der Waals surface area contributed by atoms with Crippen molar-refractivity contribution in [1.29, 1.82) is 0 Å². The molecule has 4 amide bonds. The number of rotatable bonds is 6. The number of benzene rings is 1. The Hall–Kier alpha value is -3.90. The van der Waals surface area contributed by atoms with E-state index in [1.54, 1.807) is 31.2 Å². The molecule has 2 aliphatic heterocycles. The van der Waals surface area contributed by atoms with Gasteiger partial charge in [-0.2, -0.15) is 13.2 Å². The Morgan fingerprint density at radius 2 is 1.87 bits per heavy atom. The number of carbonyl (C=O) groups excluding carboxylic acids is 4. The number of aromatic nitrogens is 1. The first-order valence-electron chi connectivity index (χ1n) is 12.3. The van der Waals surface area contributed by atoms with Gasteiger partial charge in [0.1, 0.15) is 11.6 Å². The highest BCUT2D eigenvalue weighted by molar-refractivity contribution is 6.03. The van der Waals surface area contributed by atoms with Gasteiger partial charge in [-0.25, -0.2) is 10.0 Å². The summed E-state index contributed by atoms with van der Waals surface area (Å²) in [7, 11) is 0. The lowest BCUT2D eigenvalue weighted by atomic mass is 9.97. The van der Waals surface area contributed by atoms with Crippen molar-refractivity contribution in [2.45, 2.75) is 45.3 Å². The minimum Gasteiger partial charge on any atom is -0.351 e. The van der Waals surface area contributed by atoms with E-state index in [0.29, 0.717) is 24.2 Å². The molecule has 2 fully saturated rings. The normalized spacial score (nSPS) is 20.6. The number of fused-ring (bicyclic) bond motifs is 2. The van der Waals surface area contributed by atoms with Crippen LogP contribution in [-0.2, 0) is 15.8 Å². The van der Waals surface area contributed by atoms with Crippen molar-refractivity contribution in [1.82, 2.24) is 25.8 Å². The number of aryl methyl sites for hydroxylation is 1. The molecule has 38 heavy (non-hydrogen) atoms. The highest BCUT2D eigenvalue weighted by Gasteiger charge is 2.56. The quantitative estimate of drug-likeness (QED) is 0.588. The Bertz CT molecular complexity index is 1320. The van der Waals surface area contributed by atoms with Crippen molar-refractivity contribution < 1.29 is 36.9 Å². The summed E-state index contributed by atoms with van der Waals surface area (Å²) in [5.41, 5.74) is -0.402. The van der Waals surface area contributed by atoms with Crippen LogP contribution in [0.3, 0.4) is 0 Å². The lowest BCUT2D eigenvalue weighted by Crippen LogP contribution is -2.48. The number of hydrazine groups is 1. The Morgan fingerprint density at radius 1 is 1.18 bits per heavy atom. The van der Waals surface area contributed by atoms with E-state index in [9.17, 15) is 32.3 Å². The maximum absolute atomic E-state index is 13.6. The molecule has 5 rings (SSSR count). The molecule has 1 spiro atoms. The molecule has 0 radical (unpaired) electrons. The van der Waals surface area contributed by atoms with Gasteiger partial charge >= 0.3 is 6.18 Å². The standard InChI is InChI=1S/C25H26F3N5O5/c1-3-14(10-29-21(35)17-13(2)31-38-19(17)25(26,27)28)20(34)30-18-15-6-4-5-7-16(15)22(36)32-11-24(8-9-24)12-33(32)23(18)37/h4-7,14,18H,3,8-12H2,1-2H3,(H,29,35)(H,30,34)/t14?,18-/m0/s1. The van der Waals surface area contributed by atoms with Gasteiger partial charge in [-0.1, -0.05) is 30.3 Å². The monoisotopic (exact) mass is 533 g/mol. The fourth-order valence-corrected chi connectivity index (χ4v) is 5.05. The second-order valence-electron chi connectivity index (χ2n) is 10.1. The van der Waals surface area contributed by atoms with E-state index in [4.69, 9.17) is 0 Å². The lowest BCUT2D eigenvalue weighted by Gasteiger charge is -2.28. The van der Waals surface area contributed by atoms with E-state index < -0.39 is 47.2 Å². The van der Waals surface area contributed by atoms with Crippen LogP contribution < -0.4 is 10.6 Å². The molecule has 3 heterocycles. The van der Waals surface area contributed by atoms with Crippen LogP contribution in [0.2, 0.25) is 0 Å². The van der Waals surface area contributed by atoms with Crippen LogP contribution in [0.5, 0.6) is 0 Å². The molecule has 1 aromatic heterocycles.